The molecule has 0 fully saturated rings. The molecule has 1 amide bonds. The number of anilines is 1. The Morgan fingerprint density at radius 3 is 2.44 bits per heavy atom. The van der Waals surface area contributed by atoms with E-state index < -0.39 is 16.1 Å². The molecule has 27 heavy (non-hydrogen) atoms. The molecule has 0 radical (unpaired) electrons. The third-order valence-corrected chi connectivity index (χ3v) is 5.34. The minimum atomic E-state index is -3.60. The Balaban J connectivity index is 1.96. The number of nitrogens with one attached hydrogen (secondary N) is 1. The number of para-hydroxylation sites is 1. The van der Waals surface area contributed by atoms with Crippen LogP contribution >= 0.6 is 0 Å². The number of amides is 1. The van der Waals surface area contributed by atoms with E-state index in [2.05, 4.69) is 5.32 Å². The van der Waals surface area contributed by atoms with E-state index in [4.69, 9.17) is 4.74 Å². The smallest absolute Gasteiger partial charge is 0.243 e. The van der Waals surface area contributed by atoms with Gasteiger partial charge in [0.15, 0.2) is 0 Å². The molecule has 2 aromatic rings. The van der Waals surface area contributed by atoms with Gasteiger partial charge in [-0.3, -0.25) is 9.10 Å². The molecular formula is C20H26N2O4S. The molecule has 0 aliphatic carbocycles. The van der Waals surface area contributed by atoms with Crippen LogP contribution in [0.15, 0.2) is 48.5 Å². The summed E-state index contributed by atoms with van der Waals surface area (Å²) in [5.41, 5.74) is 2.57. The minimum Gasteiger partial charge on any atom is -0.491 e. The number of benzene rings is 2. The summed E-state index contributed by atoms with van der Waals surface area (Å²) in [6, 6.07) is 13.6. The summed E-state index contributed by atoms with van der Waals surface area (Å²) in [5.74, 6) is 0.396. The molecule has 0 saturated heterocycles. The number of hydrogen-bond donors (Lipinski definition) is 1. The summed E-state index contributed by atoms with van der Waals surface area (Å²) >= 11 is 0. The van der Waals surface area contributed by atoms with E-state index in [1.807, 2.05) is 32.0 Å². The van der Waals surface area contributed by atoms with Crippen molar-refractivity contribution in [2.45, 2.75) is 26.8 Å². The van der Waals surface area contributed by atoms with E-state index in [9.17, 15) is 13.2 Å². The molecule has 6 nitrogen and oxygen atoms in total. The molecule has 0 aliphatic heterocycles. The third kappa shape index (κ3) is 5.72. The van der Waals surface area contributed by atoms with Crippen LogP contribution in [0.25, 0.3) is 0 Å². The summed E-state index contributed by atoms with van der Waals surface area (Å²) in [7, 11) is -3.60. The molecule has 2 aromatic carbocycles. The van der Waals surface area contributed by atoms with Crippen LogP contribution in [0.1, 0.15) is 18.1 Å². The predicted molar refractivity (Wildman–Crippen MR) is 108 cm³/mol. The van der Waals surface area contributed by atoms with Gasteiger partial charge in [-0.25, -0.2) is 8.42 Å². The van der Waals surface area contributed by atoms with E-state index in [1.165, 1.54) is 0 Å². The second kappa shape index (κ2) is 8.90. The zero-order valence-electron chi connectivity index (χ0n) is 16.1. The molecule has 7 heteroatoms. The van der Waals surface area contributed by atoms with Gasteiger partial charge in [0.25, 0.3) is 0 Å². The lowest BCUT2D eigenvalue weighted by Crippen LogP contribution is -2.48. The molecular weight excluding hydrogens is 364 g/mol. The fourth-order valence-electron chi connectivity index (χ4n) is 2.73. The summed E-state index contributed by atoms with van der Waals surface area (Å²) < 4.78 is 31.2. The van der Waals surface area contributed by atoms with Gasteiger partial charge in [-0.2, -0.15) is 0 Å². The van der Waals surface area contributed by atoms with Crippen molar-refractivity contribution >= 4 is 21.6 Å². The maximum atomic E-state index is 12.5. The van der Waals surface area contributed by atoms with Crippen LogP contribution in [-0.4, -0.2) is 39.8 Å². The zero-order chi connectivity index (χ0) is 20.0. The molecule has 0 heterocycles. The Bertz CT molecular complexity index is 882. The lowest BCUT2D eigenvalue weighted by molar-refractivity contribution is -0.121. The molecule has 0 aromatic heterocycles. The van der Waals surface area contributed by atoms with Gasteiger partial charge in [-0.1, -0.05) is 30.3 Å². The maximum Gasteiger partial charge on any atom is 0.243 e. The molecule has 146 valence electrons. The number of sulfonamides is 1. The monoisotopic (exact) mass is 390 g/mol. The quantitative estimate of drug-likeness (QED) is 0.703. The van der Waals surface area contributed by atoms with Crippen molar-refractivity contribution in [1.29, 1.82) is 0 Å². The Hall–Kier alpha value is -2.54. The van der Waals surface area contributed by atoms with Gasteiger partial charge in [-0.05, 0) is 50.1 Å². The Kier molecular flexibility index (Phi) is 6.85. The molecule has 2 rings (SSSR count). The van der Waals surface area contributed by atoms with Crippen molar-refractivity contribution in [1.82, 2.24) is 5.32 Å². The first kappa shape index (κ1) is 20.8. The molecule has 1 unspecified atom stereocenters. The SMILES string of the molecule is Cc1ccc(C)c(OCCNC(=O)C(C)N(c2ccccc2)S(C)(=O)=O)c1. The first-order valence-electron chi connectivity index (χ1n) is 8.72. The van der Waals surface area contributed by atoms with E-state index >= 15 is 0 Å². The van der Waals surface area contributed by atoms with Gasteiger partial charge >= 0.3 is 0 Å². The van der Waals surface area contributed by atoms with Crippen LogP contribution < -0.4 is 14.4 Å². The van der Waals surface area contributed by atoms with Gasteiger partial charge in [0, 0.05) is 0 Å². The number of nitrogens with zero attached hydrogens (tertiary/aromatic N) is 1. The van der Waals surface area contributed by atoms with E-state index in [-0.39, 0.29) is 12.5 Å². The first-order chi connectivity index (χ1) is 12.7. The highest BCUT2D eigenvalue weighted by molar-refractivity contribution is 7.92. The molecule has 0 spiro atoms. The van der Waals surface area contributed by atoms with Crippen LogP contribution in [0.3, 0.4) is 0 Å². The summed E-state index contributed by atoms with van der Waals surface area (Å²) in [6.07, 6.45) is 1.09. The largest absolute Gasteiger partial charge is 0.491 e. The normalized spacial score (nSPS) is 12.3. The van der Waals surface area contributed by atoms with Crippen LogP contribution in [0, 0.1) is 13.8 Å². The highest BCUT2D eigenvalue weighted by Gasteiger charge is 2.28. The Morgan fingerprint density at radius 1 is 1.15 bits per heavy atom. The Labute approximate surface area is 161 Å². The Morgan fingerprint density at radius 2 is 1.81 bits per heavy atom. The zero-order valence-corrected chi connectivity index (χ0v) is 16.9. The van der Waals surface area contributed by atoms with Crippen molar-refractivity contribution in [3.05, 3.63) is 59.7 Å². The van der Waals surface area contributed by atoms with Crippen molar-refractivity contribution in [2.24, 2.45) is 0 Å². The van der Waals surface area contributed by atoms with E-state index in [0.717, 1.165) is 27.4 Å². The van der Waals surface area contributed by atoms with Gasteiger partial charge in [0.1, 0.15) is 18.4 Å². The van der Waals surface area contributed by atoms with Crippen molar-refractivity contribution in [2.75, 3.05) is 23.7 Å². The molecule has 0 aliphatic rings. The topological polar surface area (TPSA) is 75.7 Å². The predicted octanol–water partition coefficient (Wildman–Crippen LogP) is 2.65. The maximum absolute atomic E-state index is 12.5. The number of aryl methyl sites for hydroxylation is 2. The summed E-state index contributed by atoms with van der Waals surface area (Å²) in [4.78, 5) is 12.5. The van der Waals surface area contributed by atoms with Crippen molar-refractivity contribution in [3.8, 4) is 5.75 Å². The van der Waals surface area contributed by atoms with Gasteiger partial charge < -0.3 is 10.1 Å². The van der Waals surface area contributed by atoms with Gasteiger partial charge in [0.2, 0.25) is 15.9 Å². The molecule has 0 saturated carbocycles. The highest BCUT2D eigenvalue weighted by atomic mass is 32.2. The lowest BCUT2D eigenvalue weighted by Gasteiger charge is -2.28. The first-order valence-corrected chi connectivity index (χ1v) is 10.6. The fourth-order valence-corrected chi connectivity index (χ4v) is 3.90. The standard InChI is InChI=1S/C20H26N2O4S/c1-15-10-11-16(2)19(14-15)26-13-12-21-20(23)17(3)22(27(4,24)25)18-8-6-5-7-9-18/h5-11,14,17H,12-13H2,1-4H3,(H,21,23). The average Bonchev–Trinajstić information content (AvgIpc) is 2.61. The molecule has 0 bridgehead atoms. The number of carbonyl (C=O) groups excluding carboxylic acids is 1. The van der Waals surface area contributed by atoms with E-state index in [0.29, 0.717) is 12.3 Å². The average molecular weight is 391 g/mol. The second-order valence-corrected chi connectivity index (χ2v) is 8.34. The fraction of sp³-hybridized carbons (Fsp3) is 0.350. The number of hydrogen-bond acceptors (Lipinski definition) is 4. The number of ether oxygens (including phenoxy) is 1. The summed E-state index contributed by atoms with van der Waals surface area (Å²) in [6.45, 7) is 6.09. The lowest BCUT2D eigenvalue weighted by atomic mass is 10.1. The van der Waals surface area contributed by atoms with Crippen molar-refractivity contribution in [3.63, 3.8) is 0 Å². The highest BCUT2D eigenvalue weighted by Crippen LogP contribution is 2.20. The third-order valence-electron chi connectivity index (χ3n) is 4.10. The molecule has 1 N–H and O–H groups in total. The van der Waals surface area contributed by atoms with Gasteiger partial charge in [0.05, 0.1) is 18.5 Å². The second-order valence-electron chi connectivity index (χ2n) is 6.48. The van der Waals surface area contributed by atoms with Crippen LogP contribution in [0.4, 0.5) is 5.69 Å². The molecule has 1 atom stereocenters. The van der Waals surface area contributed by atoms with Crippen LogP contribution in [0.5, 0.6) is 5.75 Å². The number of carbonyl (C=O) groups is 1. The number of rotatable bonds is 8. The van der Waals surface area contributed by atoms with Crippen LogP contribution in [0.2, 0.25) is 0 Å². The van der Waals surface area contributed by atoms with Crippen molar-refractivity contribution < 1.29 is 17.9 Å². The van der Waals surface area contributed by atoms with Crippen LogP contribution in [-0.2, 0) is 14.8 Å². The van der Waals surface area contributed by atoms with E-state index in [1.54, 1.807) is 37.3 Å². The van der Waals surface area contributed by atoms with Gasteiger partial charge in [-0.15, -0.1) is 0 Å². The summed E-state index contributed by atoms with van der Waals surface area (Å²) in [5, 5.41) is 2.74. The minimum absolute atomic E-state index is 0.281.